The highest BCUT2D eigenvalue weighted by Gasteiger charge is 2.01. The average molecular weight is 175 g/mol. The van der Waals surface area contributed by atoms with Crippen molar-refractivity contribution < 1.29 is 9.52 Å². The van der Waals surface area contributed by atoms with Crippen molar-refractivity contribution in [2.24, 2.45) is 0 Å². The van der Waals surface area contributed by atoms with E-state index in [-0.39, 0.29) is 5.75 Å². The first-order chi connectivity index (χ1) is 6.16. The highest BCUT2D eigenvalue weighted by atomic mass is 16.4. The summed E-state index contributed by atoms with van der Waals surface area (Å²) in [5, 5.41) is 9.86. The Balaban J connectivity index is 2.94. The minimum absolute atomic E-state index is 0.0706. The summed E-state index contributed by atoms with van der Waals surface area (Å²) in [6.45, 7) is 3.70. The van der Waals surface area contributed by atoms with Crippen LogP contribution < -0.4 is 5.63 Å². The van der Waals surface area contributed by atoms with E-state index in [1.807, 2.05) is 0 Å². The third-order valence-electron chi connectivity index (χ3n) is 1.81. The predicted octanol–water partition coefficient (Wildman–Crippen LogP) is 1.68. The number of aromatic hydroxyl groups is 1. The fourth-order valence-corrected chi connectivity index (χ4v) is 1.22. The molecule has 0 aliphatic heterocycles. The smallest absolute Gasteiger partial charge is 0.336 e. The van der Waals surface area contributed by atoms with Crippen LogP contribution in [-0.2, 0) is 0 Å². The van der Waals surface area contributed by atoms with Gasteiger partial charge in [-0.05, 0) is 24.6 Å². The van der Waals surface area contributed by atoms with Gasteiger partial charge >= 0.3 is 5.63 Å². The maximum atomic E-state index is 10.9. The van der Waals surface area contributed by atoms with Crippen LogP contribution >= 0.6 is 0 Å². The SMILES string of the molecule is [CH2]c1cc(=O)oc2cc(O)ccc12. The van der Waals surface area contributed by atoms with Crippen molar-refractivity contribution in [1.29, 1.82) is 0 Å². The van der Waals surface area contributed by atoms with E-state index in [9.17, 15) is 4.79 Å². The number of benzene rings is 1. The van der Waals surface area contributed by atoms with Crippen LogP contribution in [0.5, 0.6) is 5.75 Å². The van der Waals surface area contributed by atoms with Crippen molar-refractivity contribution in [3.05, 3.63) is 47.2 Å². The summed E-state index contributed by atoms with van der Waals surface area (Å²) in [6.07, 6.45) is 0. The molecule has 1 N–H and O–H groups in total. The monoisotopic (exact) mass is 175 g/mol. The van der Waals surface area contributed by atoms with Gasteiger partial charge in [0.15, 0.2) is 0 Å². The standard InChI is InChI=1S/C10H7O3/c1-6-4-10(12)13-9-5-7(11)2-3-8(6)9/h2-5,11H,1H2. The lowest BCUT2D eigenvalue weighted by molar-refractivity contribution is 0.473. The van der Waals surface area contributed by atoms with Crippen molar-refractivity contribution in [1.82, 2.24) is 0 Å². The maximum Gasteiger partial charge on any atom is 0.336 e. The third kappa shape index (κ3) is 1.28. The predicted molar refractivity (Wildman–Crippen MR) is 48.6 cm³/mol. The molecule has 0 atom stereocenters. The first kappa shape index (κ1) is 7.86. The number of rotatable bonds is 0. The second kappa shape index (κ2) is 2.62. The van der Waals surface area contributed by atoms with Gasteiger partial charge in [0.05, 0.1) is 0 Å². The summed E-state index contributed by atoms with van der Waals surface area (Å²) in [7, 11) is 0. The molecule has 3 nitrogen and oxygen atoms in total. The van der Waals surface area contributed by atoms with E-state index in [2.05, 4.69) is 6.92 Å². The minimum Gasteiger partial charge on any atom is -0.508 e. The number of phenolic OH excluding ortho intramolecular Hbond substituents is 1. The molecule has 0 spiro atoms. The number of fused-ring (bicyclic) bond motifs is 1. The zero-order valence-corrected chi connectivity index (χ0v) is 6.78. The molecule has 0 fully saturated rings. The van der Waals surface area contributed by atoms with Gasteiger partial charge < -0.3 is 9.52 Å². The number of phenols is 1. The third-order valence-corrected chi connectivity index (χ3v) is 1.81. The van der Waals surface area contributed by atoms with Crippen LogP contribution in [0.1, 0.15) is 5.56 Å². The quantitative estimate of drug-likeness (QED) is 0.620. The van der Waals surface area contributed by atoms with Gasteiger partial charge in [-0.1, -0.05) is 0 Å². The number of hydrogen-bond acceptors (Lipinski definition) is 3. The van der Waals surface area contributed by atoms with Gasteiger partial charge in [0.25, 0.3) is 0 Å². The van der Waals surface area contributed by atoms with Crippen molar-refractivity contribution >= 4 is 11.0 Å². The molecule has 0 saturated heterocycles. The Bertz CT molecular complexity index is 511. The molecule has 0 unspecified atom stereocenters. The highest BCUT2D eigenvalue weighted by molar-refractivity contribution is 5.81. The van der Waals surface area contributed by atoms with Crippen LogP contribution in [-0.4, -0.2) is 5.11 Å². The second-order valence-electron chi connectivity index (χ2n) is 2.77. The average Bonchev–Trinajstić information content (AvgIpc) is 2.02. The van der Waals surface area contributed by atoms with Crippen LogP contribution in [0.2, 0.25) is 0 Å². The maximum absolute atomic E-state index is 10.9. The summed E-state index contributed by atoms with van der Waals surface area (Å²) in [5.74, 6) is 0.0706. The van der Waals surface area contributed by atoms with Gasteiger partial charge in [0.1, 0.15) is 11.3 Å². The molecule has 2 aromatic rings. The van der Waals surface area contributed by atoms with E-state index < -0.39 is 5.63 Å². The van der Waals surface area contributed by atoms with Gasteiger partial charge in [-0.15, -0.1) is 0 Å². The Hall–Kier alpha value is -1.77. The van der Waals surface area contributed by atoms with Crippen LogP contribution in [0.4, 0.5) is 0 Å². The van der Waals surface area contributed by atoms with Crippen molar-refractivity contribution in [3.8, 4) is 5.75 Å². The molecule has 2 rings (SSSR count). The zero-order chi connectivity index (χ0) is 9.42. The molecule has 0 aliphatic carbocycles. The Morgan fingerprint density at radius 2 is 2.08 bits per heavy atom. The molecule has 0 aliphatic rings. The normalized spacial score (nSPS) is 10.5. The largest absolute Gasteiger partial charge is 0.508 e. The molecular formula is C10H7O3. The molecule has 1 aromatic carbocycles. The summed E-state index contributed by atoms with van der Waals surface area (Å²) in [4.78, 5) is 10.9. The molecule has 1 heterocycles. The van der Waals surface area contributed by atoms with E-state index >= 15 is 0 Å². The Morgan fingerprint density at radius 3 is 2.85 bits per heavy atom. The van der Waals surface area contributed by atoms with Crippen LogP contribution in [0, 0.1) is 6.92 Å². The zero-order valence-electron chi connectivity index (χ0n) is 6.78. The molecule has 3 heteroatoms. The summed E-state index contributed by atoms with van der Waals surface area (Å²) < 4.78 is 4.87. The van der Waals surface area contributed by atoms with Gasteiger partial charge in [0, 0.05) is 17.5 Å². The Labute approximate surface area is 74.2 Å². The molecule has 13 heavy (non-hydrogen) atoms. The van der Waals surface area contributed by atoms with Crippen LogP contribution in [0.15, 0.2) is 33.5 Å². The fourth-order valence-electron chi connectivity index (χ4n) is 1.22. The van der Waals surface area contributed by atoms with E-state index in [1.165, 1.54) is 18.2 Å². The molecule has 1 aromatic heterocycles. The summed E-state index contributed by atoms with van der Waals surface area (Å²) in [6, 6.07) is 5.90. The molecule has 0 saturated carbocycles. The first-order valence-corrected chi connectivity index (χ1v) is 3.75. The van der Waals surface area contributed by atoms with Crippen molar-refractivity contribution in [3.63, 3.8) is 0 Å². The molecule has 0 bridgehead atoms. The molecular weight excluding hydrogens is 168 g/mol. The number of hydrogen-bond donors (Lipinski definition) is 1. The topological polar surface area (TPSA) is 50.4 Å². The van der Waals surface area contributed by atoms with E-state index in [0.717, 1.165) is 5.39 Å². The molecule has 1 radical (unpaired) electrons. The lowest BCUT2D eigenvalue weighted by Crippen LogP contribution is -1.97. The highest BCUT2D eigenvalue weighted by Crippen LogP contribution is 2.20. The van der Waals surface area contributed by atoms with Gasteiger partial charge in [-0.25, -0.2) is 4.79 Å². The van der Waals surface area contributed by atoms with Crippen molar-refractivity contribution in [2.75, 3.05) is 0 Å². The van der Waals surface area contributed by atoms with Crippen molar-refractivity contribution in [2.45, 2.75) is 0 Å². The van der Waals surface area contributed by atoms with Gasteiger partial charge in [-0.2, -0.15) is 0 Å². The summed E-state index contributed by atoms with van der Waals surface area (Å²) >= 11 is 0. The summed E-state index contributed by atoms with van der Waals surface area (Å²) in [5.41, 5.74) is 0.506. The molecule has 0 amide bonds. The lowest BCUT2D eigenvalue weighted by atomic mass is 10.1. The minimum atomic E-state index is -0.455. The second-order valence-corrected chi connectivity index (χ2v) is 2.77. The van der Waals surface area contributed by atoms with E-state index in [1.54, 1.807) is 6.07 Å². The van der Waals surface area contributed by atoms with Gasteiger partial charge in [0.2, 0.25) is 0 Å². The fraction of sp³-hybridized carbons (Fsp3) is 0. The van der Waals surface area contributed by atoms with E-state index in [0.29, 0.717) is 11.1 Å². The van der Waals surface area contributed by atoms with Crippen LogP contribution in [0.3, 0.4) is 0 Å². The van der Waals surface area contributed by atoms with Crippen LogP contribution in [0.25, 0.3) is 11.0 Å². The van der Waals surface area contributed by atoms with Gasteiger partial charge in [-0.3, -0.25) is 0 Å². The first-order valence-electron chi connectivity index (χ1n) is 3.75. The Kier molecular flexibility index (Phi) is 1.59. The molecule has 65 valence electrons. The Morgan fingerprint density at radius 1 is 1.31 bits per heavy atom. The lowest BCUT2D eigenvalue weighted by Gasteiger charge is -1.99. The van der Waals surface area contributed by atoms with E-state index in [4.69, 9.17) is 9.52 Å².